The molecule has 0 aliphatic rings. The van der Waals surface area contributed by atoms with Gasteiger partial charge in [-0.05, 0) is 43.4 Å². The maximum Gasteiger partial charge on any atom is 0.228 e. The van der Waals surface area contributed by atoms with Gasteiger partial charge in [0, 0.05) is 22.3 Å². The van der Waals surface area contributed by atoms with E-state index in [1.54, 1.807) is 0 Å². The maximum atomic E-state index is 13.4. The van der Waals surface area contributed by atoms with Gasteiger partial charge < -0.3 is 10.1 Å². The monoisotopic (exact) mass is 599 g/mol. The van der Waals surface area contributed by atoms with Crippen molar-refractivity contribution in [3.8, 4) is 5.75 Å². The number of para-hydroxylation sites is 2. The van der Waals surface area contributed by atoms with Crippen molar-refractivity contribution >= 4 is 11.6 Å². The van der Waals surface area contributed by atoms with Crippen LogP contribution in [0.4, 0.5) is 5.69 Å². The average molecular weight is 600 g/mol. The first-order chi connectivity index (χ1) is 21.2. The zero-order valence-corrected chi connectivity index (χ0v) is 28.6. The Morgan fingerprint density at radius 2 is 1.32 bits per heavy atom. The summed E-state index contributed by atoms with van der Waals surface area (Å²) in [5.74, 6) is 0.862. The van der Waals surface area contributed by atoms with Gasteiger partial charge >= 0.3 is 0 Å². The summed E-state index contributed by atoms with van der Waals surface area (Å²) < 4.78 is 8.66. The van der Waals surface area contributed by atoms with Gasteiger partial charge in [-0.15, -0.1) is 0 Å². The van der Waals surface area contributed by atoms with Gasteiger partial charge in [0.25, 0.3) is 0 Å². The number of unbranched alkanes of at least 4 members (excludes halogenated alkanes) is 11. The van der Waals surface area contributed by atoms with Crippen molar-refractivity contribution in [2.75, 3.05) is 11.9 Å². The standard InChI is InChI=1S/C40H58N2O2/c1-7-8-9-10-11-12-13-14-15-16-17-20-26-44-39-34(23-21-24-36(39)40(4,5)6)28-38(43)41-37-25-19-18-22-35(37)31-42-29-32(2)27-33(3)30-42/h18-19,21-25,27,29-30H,7-17,20,26,28,31H2,1-6H3/p+1. The van der Waals surface area contributed by atoms with Crippen molar-refractivity contribution < 1.29 is 14.1 Å². The molecule has 0 fully saturated rings. The summed E-state index contributed by atoms with van der Waals surface area (Å²) in [6.07, 6.45) is 20.5. The van der Waals surface area contributed by atoms with Crippen LogP contribution in [0, 0.1) is 13.8 Å². The van der Waals surface area contributed by atoms with Gasteiger partial charge in [0.15, 0.2) is 18.9 Å². The number of benzene rings is 2. The fourth-order valence-corrected chi connectivity index (χ4v) is 6.03. The summed E-state index contributed by atoms with van der Waals surface area (Å²) in [5, 5.41) is 3.20. The summed E-state index contributed by atoms with van der Waals surface area (Å²) in [4.78, 5) is 13.4. The van der Waals surface area contributed by atoms with Gasteiger partial charge in [-0.2, -0.15) is 0 Å². The number of nitrogens with one attached hydrogen (secondary N) is 1. The Morgan fingerprint density at radius 3 is 1.93 bits per heavy atom. The quantitative estimate of drug-likeness (QED) is 0.110. The fourth-order valence-electron chi connectivity index (χ4n) is 6.03. The van der Waals surface area contributed by atoms with Crippen LogP contribution in [0.15, 0.2) is 60.9 Å². The number of carbonyl (C=O) groups excluding carboxylic acids is 1. The van der Waals surface area contributed by atoms with Gasteiger partial charge in [0.05, 0.1) is 18.7 Å². The Labute approximate surface area is 268 Å². The van der Waals surface area contributed by atoms with Gasteiger partial charge in [0.1, 0.15) is 5.75 Å². The van der Waals surface area contributed by atoms with Crippen molar-refractivity contribution in [1.29, 1.82) is 0 Å². The van der Waals surface area contributed by atoms with Gasteiger partial charge in [-0.3, -0.25) is 4.79 Å². The molecule has 0 saturated heterocycles. The molecule has 4 nitrogen and oxygen atoms in total. The zero-order valence-electron chi connectivity index (χ0n) is 28.6. The second kappa shape index (κ2) is 18.6. The molecule has 0 aliphatic heterocycles. The number of nitrogens with zero attached hydrogens (tertiary/aromatic N) is 1. The van der Waals surface area contributed by atoms with Crippen LogP contribution in [0.2, 0.25) is 0 Å². The lowest BCUT2D eigenvalue weighted by atomic mass is 9.84. The van der Waals surface area contributed by atoms with Crippen LogP contribution >= 0.6 is 0 Å². The van der Waals surface area contributed by atoms with Crippen LogP contribution in [-0.4, -0.2) is 12.5 Å². The minimum atomic E-state index is -0.0753. The lowest BCUT2D eigenvalue weighted by Crippen LogP contribution is -2.34. The first kappa shape index (κ1) is 35.3. The van der Waals surface area contributed by atoms with Gasteiger partial charge in [-0.25, -0.2) is 4.57 Å². The largest absolute Gasteiger partial charge is 0.493 e. The number of carbonyl (C=O) groups is 1. The number of ether oxygens (including phenoxy) is 1. The SMILES string of the molecule is CCCCCCCCCCCCCCOc1c(CC(=O)Nc2ccccc2C[n+]2cc(C)cc(C)c2)cccc1C(C)(C)C. The summed E-state index contributed by atoms with van der Waals surface area (Å²) in [7, 11) is 0. The second-order valence-corrected chi connectivity index (χ2v) is 13.7. The molecule has 0 radical (unpaired) electrons. The molecule has 0 bridgehead atoms. The van der Waals surface area contributed by atoms with E-state index in [2.05, 4.69) is 88.1 Å². The second-order valence-electron chi connectivity index (χ2n) is 13.7. The van der Waals surface area contributed by atoms with E-state index in [1.165, 1.54) is 81.8 Å². The minimum Gasteiger partial charge on any atom is -0.493 e. The summed E-state index contributed by atoms with van der Waals surface area (Å²) in [6, 6.07) is 16.5. The molecule has 0 aliphatic carbocycles. The highest BCUT2D eigenvalue weighted by atomic mass is 16.5. The van der Waals surface area contributed by atoms with Crippen molar-refractivity contribution in [3.05, 3.63) is 88.7 Å². The van der Waals surface area contributed by atoms with Gasteiger partial charge in [-0.1, -0.05) is 135 Å². The van der Waals surface area contributed by atoms with E-state index in [0.29, 0.717) is 13.2 Å². The van der Waals surface area contributed by atoms with E-state index in [9.17, 15) is 4.79 Å². The molecule has 4 heteroatoms. The van der Waals surface area contributed by atoms with Crippen LogP contribution in [0.25, 0.3) is 0 Å². The van der Waals surface area contributed by atoms with E-state index in [-0.39, 0.29) is 17.7 Å². The van der Waals surface area contributed by atoms with E-state index in [1.807, 2.05) is 24.3 Å². The highest BCUT2D eigenvalue weighted by molar-refractivity contribution is 5.93. The third-order valence-corrected chi connectivity index (χ3v) is 8.34. The Hall–Kier alpha value is -3.14. The highest BCUT2D eigenvalue weighted by Crippen LogP contribution is 2.35. The van der Waals surface area contributed by atoms with Crippen molar-refractivity contribution in [1.82, 2.24) is 0 Å². The molecular formula is C40H59N2O2+. The number of rotatable bonds is 19. The number of anilines is 1. The van der Waals surface area contributed by atoms with Crippen LogP contribution in [0.3, 0.4) is 0 Å². The molecule has 1 heterocycles. The van der Waals surface area contributed by atoms with Crippen molar-refractivity contribution in [2.45, 2.75) is 137 Å². The summed E-state index contributed by atoms with van der Waals surface area (Å²) >= 11 is 0. The normalized spacial score (nSPS) is 11.5. The fraction of sp³-hybridized carbons (Fsp3) is 0.550. The molecule has 0 spiro atoms. The molecule has 3 rings (SSSR count). The number of amides is 1. The van der Waals surface area contributed by atoms with E-state index < -0.39 is 0 Å². The Kier molecular flexibility index (Phi) is 15.0. The van der Waals surface area contributed by atoms with Gasteiger partial charge in [0.2, 0.25) is 5.91 Å². The average Bonchev–Trinajstić information content (AvgIpc) is 2.96. The summed E-state index contributed by atoms with van der Waals surface area (Å²) in [6.45, 7) is 14.5. The number of pyridine rings is 1. The lowest BCUT2D eigenvalue weighted by Gasteiger charge is -2.25. The molecule has 1 aromatic heterocycles. The topological polar surface area (TPSA) is 42.2 Å². The van der Waals surface area contributed by atoms with Crippen LogP contribution in [0.5, 0.6) is 5.75 Å². The highest BCUT2D eigenvalue weighted by Gasteiger charge is 2.23. The molecule has 2 aromatic carbocycles. The first-order valence-corrected chi connectivity index (χ1v) is 17.3. The molecule has 0 atom stereocenters. The molecule has 0 saturated carbocycles. The Bertz CT molecular complexity index is 1270. The smallest absolute Gasteiger partial charge is 0.228 e. The predicted molar refractivity (Wildman–Crippen MR) is 186 cm³/mol. The Morgan fingerprint density at radius 1 is 0.750 bits per heavy atom. The molecule has 3 aromatic rings. The zero-order chi connectivity index (χ0) is 31.8. The van der Waals surface area contributed by atoms with E-state index in [0.717, 1.165) is 34.5 Å². The molecule has 44 heavy (non-hydrogen) atoms. The Balaban J connectivity index is 1.54. The number of hydrogen-bond donors (Lipinski definition) is 1. The van der Waals surface area contributed by atoms with Crippen LogP contribution < -0.4 is 14.6 Å². The van der Waals surface area contributed by atoms with Crippen molar-refractivity contribution in [3.63, 3.8) is 0 Å². The van der Waals surface area contributed by atoms with E-state index >= 15 is 0 Å². The molecule has 1 N–H and O–H groups in total. The molecule has 0 unspecified atom stereocenters. The van der Waals surface area contributed by atoms with Crippen LogP contribution in [0.1, 0.15) is 133 Å². The molecule has 1 amide bonds. The third kappa shape index (κ3) is 12.5. The molecular weight excluding hydrogens is 540 g/mol. The molecule has 240 valence electrons. The van der Waals surface area contributed by atoms with E-state index in [4.69, 9.17) is 4.74 Å². The number of hydrogen-bond acceptors (Lipinski definition) is 2. The number of aromatic nitrogens is 1. The summed E-state index contributed by atoms with van der Waals surface area (Å²) in [5.41, 5.74) is 6.43. The van der Waals surface area contributed by atoms with Crippen LogP contribution in [-0.2, 0) is 23.2 Å². The maximum absolute atomic E-state index is 13.4. The first-order valence-electron chi connectivity index (χ1n) is 17.3. The number of aryl methyl sites for hydroxylation is 2. The predicted octanol–water partition coefficient (Wildman–Crippen LogP) is 10.2. The third-order valence-electron chi connectivity index (χ3n) is 8.34. The lowest BCUT2D eigenvalue weighted by molar-refractivity contribution is -0.688. The minimum absolute atomic E-state index is 0.0239. The van der Waals surface area contributed by atoms with Crippen molar-refractivity contribution in [2.24, 2.45) is 0 Å².